The Morgan fingerprint density at radius 3 is 2.23 bits per heavy atom. The molecule has 0 spiro atoms. The molecule has 0 aromatic heterocycles. The number of nitrogens with two attached hydrogens (primary N) is 1. The van der Waals surface area contributed by atoms with Crippen LogP contribution in [0, 0.1) is 0 Å². The molecule has 0 aliphatic carbocycles. The number of rotatable bonds is 10. The van der Waals surface area contributed by atoms with Gasteiger partial charge in [0.2, 0.25) is 5.91 Å². The van der Waals surface area contributed by atoms with Crippen LogP contribution < -0.4 is 11.1 Å². The van der Waals surface area contributed by atoms with Crippen molar-refractivity contribution in [3.05, 3.63) is 0 Å². The van der Waals surface area contributed by atoms with E-state index in [0.29, 0.717) is 6.54 Å². The van der Waals surface area contributed by atoms with Crippen molar-refractivity contribution in [3.63, 3.8) is 0 Å². The molecule has 0 aromatic carbocycles. The van der Waals surface area contributed by atoms with Crippen LogP contribution in [-0.4, -0.2) is 78.2 Å². The van der Waals surface area contributed by atoms with E-state index in [2.05, 4.69) is 5.32 Å². The third kappa shape index (κ3) is 7.48. The third-order valence-corrected chi connectivity index (χ3v) is 3.03. The van der Waals surface area contributed by atoms with Crippen LogP contribution in [0.2, 0.25) is 0 Å². The summed E-state index contributed by atoms with van der Waals surface area (Å²) < 4.78 is 0.207. The Kier molecular flexibility index (Phi) is 7.65. The quantitative estimate of drug-likeness (QED) is 0.371. The molecule has 0 fully saturated rings. The summed E-state index contributed by atoms with van der Waals surface area (Å²) in [4.78, 5) is 34.7. The fourth-order valence-electron chi connectivity index (χ4n) is 2.30. The lowest BCUT2D eigenvalue weighted by Crippen LogP contribution is -2.59. The molecule has 128 valence electrons. The minimum absolute atomic E-state index is 0.0499. The van der Waals surface area contributed by atoms with Crippen LogP contribution in [0.3, 0.4) is 0 Å². The number of amides is 1. The summed E-state index contributed by atoms with van der Waals surface area (Å²) in [6.45, 7) is 2.18. The smallest absolute Gasteiger partial charge is 0.306 e. The molecule has 22 heavy (non-hydrogen) atoms. The molecule has 0 radical (unpaired) electrons. The van der Waals surface area contributed by atoms with Gasteiger partial charge in [-0.1, -0.05) is 0 Å². The van der Waals surface area contributed by atoms with E-state index in [4.69, 9.17) is 10.8 Å². The molecule has 1 unspecified atom stereocenters. The highest BCUT2D eigenvalue weighted by Crippen LogP contribution is 2.19. The summed E-state index contributed by atoms with van der Waals surface area (Å²) in [6.07, 6.45) is -0.603. The average molecular weight is 318 g/mol. The van der Waals surface area contributed by atoms with E-state index in [1.807, 2.05) is 0 Å². The summed E-state index contributed by atoms with van der Waals surface area (Å²) in [5.74, 6) is -2.26. The zero-order chi connectivity index (χ0) is 17.6. The summed E-state index contributed by atoms with van der Waals surface area (Å²) in [5, 5.41) is 22.0. The third-order valence-electron chi connectivity index (χ3n) is 3.03. The van der Waals surface area contributed by atoms with Crippen molar-refractivity contribution in [1.29, 1.82) is 0 Å². The molecule has 0 bridgehead atoms. The lowest BCUT2D eigenvalue weighted by Gasteiger charge is -2.35. The van der Waals surface area contributed by atoms with Gasteiger partial charge in [0.25, 0.3) is 0 Å². The molecule has 8 heteroatoms. The molecule has 0 aliphatic heterocycles. The minimum atomic E-state index is -2.05. The van der Waals surface area contributed by atoms with E-state index in [0.717, 1.165) is 0 Å². The standard InChI is InChI=1S/C14H27N3O5/c1-5-16-11(18)7-6-10(15)13(21)14(22,8-12(19)20)9-17(2,3)4/h10,22H,5-9,15H2,1-4H3,(H-,16,18,19,20)/p+1/t10-,14?/m0/s1. The average Bonchev–Trinajstić information content (AvgIpc) is 2.32. The normalized spacial score (nSPS) is 15.7. The number of ketones is 1. The van der Waals surface area contributed by atoms with Crippen LogP contribution in [0.15, 0.2) is 0 Å². The topological polar surface area (TPSA) is 130 Å². The van der Waals surface area contributed by atoms with Crippen LogP contribution >= 0.6 is 0 Å². The Hall–Kier alpha value is -1.51. The second kappa shape index (κ2) is 8.21. The highest BCUT2D eigenvalue weighted by Gasteiger charge is 2.45. The van der Waals surface area contributed by atoms with Crippen LogP contribution in [0.5, 0.6) is 0 Å². The monoisotopic (exact) mass is 318 g/mol. The Morgan fingerprint density at radius 2 is 1.82 bits per heavy atom. The van der Waals surface area contributed by atoms with Crippen LogP contribution in [-0.2, 0) is 14.4 Å². The number of aliphatic carboxylic acids is 1. The number of carbonyl (C=O) groups excluding carboxylic acids is 2. The van der Waals surface area contributed by atoms with Crippen molar-refractivity contribution in [1.82, 2.24) is 5.32 Å². The predicted molar refractivity (Wildman–Crippen MR) is 81.0 cm³/mol. The Morgan fingerprint density at radius 1 is 1.27 bits per heavy atom. The molecule has 2 atom stereocenters. The maximum atomic E-state index is 12.4. The lowest BCUT2D eigenvalue weighted by atomic mass is 9.87. The van der Waals surface area contributed by atoms with Gasteiger partial charge >= 0.3 is 5.97 Å². The van der Waals surface area contributed by atoms with Crippen molar-refractivity contribution in [2.45, 2.75) is 37.8 Å². The first-order chi connectivity index (χ1) is 9.91. The Balaban J connectivity index is 4.95. The second-order valence-corrected chi connectivity index (χ2v) is 6.51. The van der Waals surface area contributed by atoms with Crippen LogP contribution in [0.1, 0.15) is 26.2 Å². The molecule has 1 amide bonds. The van der Waals surface area contributed by atoms with Gasteiger partial charge in [-0.3, -0.25) is 14.4 Å². The van der Waals surface area contributed by atoms with Crippen molar-refractivity contribution in [3.8, 4) is 0 Å². The Bertz CT molecular complexity index is 419. The SMILES string of the molecule is CCNC(=O)CC[C@H](N)C(=O)C(O)(CC(=O)O)C[N+](C)(C)C. The minimum Gasteiger partial charge on any atom is -0.481 e. The van der Waals surface area contributed by atoms with Gasteiger partial charge in [0.1, 0.15) is 6.54 Å². The highest BCUT2D eigenvalue weighted by atomic mass is 16.4. The van der Waals surface area contributed by atoms with E-state index >= 15 is 0 Å². The first-order valence-corrected chi connectivity index (χ1v) is 7.22. The largest absolute Gasteiger partial charge is 0.481 e. The van der Waals surface area contributed by atoms with Gasteiger partial charge in [0, 0.05) is 13.0 Å². The fourth-order valence-corrected chi connectivity index (χ4v) is 2.30. The molecule has 0 saturated carbocycles. The molecule has 5 N–H and O–H groups in total. The van der Waals surface area contributed by atoms with Gasteiger partial charge in [0.15, 0.2) is 11.4 Å². The Labute approximate surface area is 130 Å². The van der Waals surface area contributed by atoms with Gasteiger partial charge in [-0.2, -0.15) is 0 Å². The summed E-state index contributed by atoms with van der Waals surface area (Å²) in [5.41, 5.74) is 3.70. The molecule has 0 rings (SSSR count). The number of aliphatic hydroxyl groups is 1. The maximum Gasteiger partial charge on any atom is 0.306 e. The van der Waals surface area contributed by atoms with E-state index in [1.54, 1.807) is 28.1 Å². The predicted octanol–water partition coefficient (Wildman–Crippen LogP) is -1.29. The lowest BCUT2D eigenvalue weighted by molar-refractivity contribution is -0.875. The second-order valence-electron chi connectivity index (χ2n) is 6.51. The number of nitrogens with zero attached hydrogens (tertiary/aromatic N) is 1. The van der Waals surface area contributed by atoms with E-state index in [-0.39, 0.29) is 29.8 Å². The van der Waals surface area contributed by atoms with Gasteiger partial charge in [-0.15, -0.1) is 0 Å². The van der Waals surface area contributed by atoms with Crippen LogP contribution in [0.25, 0.3) is 0 Å². The van der Waals surface area contributed by atoms with Gasteiger partial charge in [0.05, 0.1) is 33.6 Å². The highest BCUT2D eigenvalue weighted by molar-refractivity contribution is 5.95. The number of carboxylic acid groups (broad SMARTS) is 1. The molecular formula is C14H28N3O5+. The van der Waals surface area contributed by atoms with E-state index in [9.17, 15) is 19.5 Å². The van der Waals surface area contributed by atoms with Crippen molar-refractivity contribution in [2.75, 3.05) is 34.2 Å². The van der Waals surface area contributed by atoms with E-state index in [1.165, 1.54) is 0 Å². The zero-order valence-corrected chi connectivity index (χ0v) is 13.8. The molecule has 8 nitrogen and oxygen atoms in total. The summed E-state index contributed by atoms with van der Waals surface area (Å²) in [7, 11) is 5.21. The molecule has 0 saturated heterocycles. The van der Waals surface area contributed by atoms with Gasteiger partial charge in [-0.05, 0) is 13.3 Å². The van der Waals surface area contributed by atoms with Gasteiger partial charge in [-0.25, -0.2) is 0 Å². The van der Waals surface area contributed by atoms with Gasteiger partial charge < -0.3 is 25.7 Å². The number of quaternary nitrogens is 1. The van der Waals surface area contributed by atoms with Crippen LogP contribution in [0.4, 0.5) is 0 Å². The number of hydrogen-bond acceptors (Lipinski definition) is 5. The molecule has 0 aliphatic rings. The zero-order valence-electron chi connectivity index (χ0n) is 13.8. The van der Waals surface area contributed by atoms with Crippen molar-refractivity contribution >= 4 is 17.7 Å². The number of carboxylic acids is 1. The first-order valence-electron chi connectivity index (χ1n) is 7.22. The number of carbonyl (C=O) groups is 3. The molecule has 0 heterocycles. The van der Waals surface area contributed by atoms with Crippen molar-refractivity contribution in [2.24, 2.45) is 5.73 Å². The number of nitrogens with one attached hydrogen (secondary N) is 1. The molecule has 0 aromatic rings. The number of hydrogen-bond donors (Lipinski definition) is 4. The summed E-state index contributed by atoms with van der Waals surface area (Å²) in [6, 6.07) is -1.08. The number of Topliss-reactive ketones (excluding diaryl/α,β-unsaturated/α-hetero) is 1. The maximum absolute atomic E-state index is 12.4. The first kappa shape index (κ1) is 20.5. The molecular weight excluding hydrogens is 290 g/mol. The van der Waals surface area contributed by atoms with Crippen molar-refractivity contribution < 1.29 is 29.1 Å². The fraction of sp³-hybridized carbons (Fsp3) is 0.786. The summed E-state index contributed by atoms with van der Waals surface area (Å²) >= 11 is 0. The van der Waals surface area contributed by atoms with E-state index < -0.39 is 29.8 Å². The number of likely N-dealkylation sites (N-methyl/N-ethyl adjacent to an activating group) is 1.